The van der Waals surface area contributed by atoms with Crippen molar-refractivity contribution in [2.75, 3.05) is 6.73 Å². The van der Waals surface area contributed by atoms with E-state index < -0.39 is 0 Å². The maximum atomic E-state index is 13.2. The molecule has 0 bridgehead atoms. The van der Waals surface area contributed by atoms with Gasteiger partial charge >= 0.3 is 0 Å². The smallest absolute Gasteiger partial charge is 0.232 e. The van der Waals surface area contributed by atoms with Crippen LogP contribution in [-0.2, 0) is 13.1 Å². The minimum absolute atomic E-state index is 0.113. The number of ketones is 1. The van der Waals surface area contributed by atoms with Crippen molar-refractivity contribution in [2.45, 2.75) is 20.0 Å². The third-order valence-corrected chi connectivity index (χ3v) is 6.62. The largest absolute Gasteiger partial charge is 0.478 e. The van der Waals surface area contributed by atoms with Gasteiger partial charge in [-0.25, -0.2) is 0 Å². The predicted octanol–water partition coefficient (Wildman–Crippen LogP) is 7.03. The second-order valence-electron chi connectivity index (χ2n) is 7.87. The topological polar surface area (TPSA) is 38.8 Å². The van der Waals surface area contributed by atoms with E-state index >= 15 is 0 Å². The van der Waals surface area contributed by atoms with Gasteiger partial charge in [0.1, 0.15) is 18.2 Å². The van der Waals surface area contributed by atoms with Gasteiger partial charge in [0.25, 0.3) is 0 Å². The molecule has 3 aromatic rings. The summed E-state index contributed by atoms with van der Waals surface area (Å²) in [6.45, 7) is 3.49. The SMILES string of the molecule is Cc1cc2c(c3c1C(=O)/C(=C/c1cccc(Br)c1)O3)CN(Cc1ccc(Cl)cc1Cl)CO2. The van der Waals surface area contributed by atoms with Crippen molar-refractivity contribution in [1.82, 2.24) is 4.90 Å². The van der Waals surface area contributed by atoms with Crippen LogP contribution in [0.25, 0.3) is 6.08 Å². The van der Waals surface area contributed by atoms with Crippen LogP contribution in [0, 0.1) is 6.92 Å². The Balaban J connectivity index is 1.46. The van der Waals surface area contributed by atoms with Crippen molar-refractivity contribution < 1.29 is 14.3 Å². The molecule has 0 unspecified atom stereocenters. The summed E-state index contributed by atoms with van der Waals surface area (Å²) in [5.74, 6) is 1.53. The van der Waals surface area contributed by atoms with E-state index in [1.165, 1.54) is 0 Å². The Kier molecular flexibility index (Phi) is 5.76. The maximum Gasteiger partial charge on any atom is 0.232 e. The molecular formula is C25H18BrCl2NO3. The Morgan fingerprint density at radius 3 is 2.78 bits per heavy atom. The standard InChI is InChI=1S/C25H18BrCl2NO3/c1-14-7-21-19(12-29(13-31-21)11-16-5-6-18(27)10-20(16)28)25-23(14)24(30)22(32-25)9-15-3-2-4-17(26)8-15/h2-10H,11-13H2,1H3/b22-9-. The van der Waals surface area contributed by atoms with E-state index in [1.807, 2.05) is 49.4 Å². The molecule has 0 aromatic heterocycles. The quantitative estimate of drug-likeness (QED) is 0.341. The van der Waals surface area contributed by atoms with Crippen molar-refractivity contribution in [3.63, 3.8) is 0 Å². The molecule has 3 aromatic carbocycles. The molecule has 0 fully saturated rings. The van der Waals surface area contributed by atoms with Crippen molar-refractivity contribution >= 4 is 51.0 Å². The number of aryl methyl sites for hydroxylation is 1. The molecule has 0 radical (unpaired) electrons. The van der Waals surface area contributed by atoms with Gasteiger partial charge in [-0.2, -0.15) is 0 Å². The normalized spacial score (nSPS) is 16.5. The van der Waals surface area contributed by atoms with Crippen LogP contribution in [0.15, 0.2) is 58.8 Å². The number of ether oxygens (including phenoxy) is 2. The fourth-order valence-electron chi connectivity index (χ4n) is 4.02. The fraction of sp³-hybridized carbons (Fsp3) is 0.160. The Bertz CT molecular complexity index is 1290. The van der Waals surface area contributed by atoms with Gasteiger partial charge in [0.2, 0.25) is 5.78 Å². The lowest BCUT2D eigenvalue weighted by Crippen LogP contribution is -2.32. The summed E-state index contributed by atoms with van der Waals surface area (Å²) in [6, 6.07) is 15.1. The highest BCUT2D eigenvalue weighted by atomic mass is 79.9. The summed E-state index contributed by atoms with van der Waals surface area (Å²) in [6.07, 6.45) is 1.77. The van der Waals surface area contributed by atoms with Gasteiger partial charge < -0.3 is 9.47 Å². The van der Waals surface area contributed by atoms with Crippen LogP contribution in [0.2, 0.25) is 10.0 Å². The highest BCUT2D eigenvalue weighted by molar-refractivity contribution is 9.10. The molecule has 0 spiro atoms. The number of hydrogen-bond donors (Lipinski definition) is 0. The summed E-state index contributed by atoms with van der Waals surface area (Å²) in [4.78, 5) is 15.3. The summed E-state index contributed by atoms with van der Waals surface area (Å²) >= 11 is 15.8. The summed E-state index contributed by atoms with van der Waals surface area (Å²) < 4.78 is 13.1. The average molecular weight is 531 g/mol. The van der Waals surface area contributed by atoms with Crippen LogP contribution in [0.4, 0.5) is 0 Å². The van der Waals surface area contributed by atoms with Crippen molar-refractivity contribution in [3.05, 3.63) is 96.6 Å². The van der Waals surface area contributed by atoms with E-state index in [0.717, 1.165) is 32.5 Å². The molecule has 4 nitrogen and oxygen atoms in total. The molecule has 0 N–H and O–H groups in total. The molecule has 0 atom stereocenters. The minimum Gasteiger partial charge on any atom is -0.478 e. The van der Waals surface area contributed by atoms with Crippen molar-refractivity contribution in [3.8, 4) is 11.5 Å². The van der Waals surface area contributed by atoms with Crippen LogP contribution in [0.3, 0.4) is 0 Å². The van der Waals surface area contributed by atoms with Gasteiger partial charge in [-0.05, 0) is 60.0 Å². The zero-order valence-electron chi connectivity index (χ0n) is 17.1. The zero-order chi connectivity index (χ0) is 22.4. The maximum absolute atomic E-state index is 13.2. The first kappa shape index (κ1) is 21.5. The van der Waals surface area contributed by atoms with Crippen LogP contribution >= 0.6 is 39.1 Å². The number of hydrogen-bond acceptors (Lipinski definition) is 4. The van der Waals surface area contributed by atoms with Gasteiger partial charge in [0, 0.05) is 27.6 Å². The van der Waals surface area contributed by atoms with Gasteiger partial charge in [-0.15, -0.1) is 0 Å². The Morgan fingerprint density at radius 1 is 1.16 bits per heavy atom. The first-order valence-electron chi connectivity index (χ1n) is 10.0. The third kappa shape index (κ3) is 4.06. The lowest BCUT2D eigenvalue weighted by molar-refractivity contribution is 0.0872. The zero-order valence-corrected chi connectivity index (χ0v) is 20.2. The molecule has 2 aliphatic heterocycles. The van der Waals surface area contributed by atoms with Crippen LogP contribution < -0.4 is 9.47 Å². The molecule has 0 saturated heterocycles. The lowest BCUT2D eigenvalue weighted by atomic mass is 9.98. The molecule has 162 valence electrons. The predicted molar refractivity (Wildman–Crippen MR) is 129 cm³/mol. The molecule has 7 heteroatoms. The summed E-state index contributed by atoms with van der Waals surface area (Å²) in [5.41, 5.74) is 4.15. The molecule has 0 aliphatic carbocycles. The molecular weight excluding hydrogens is 513 g/mol. The molecule has 5 rings (SSSR count). The number of halogens is 3. The van der Waals surface area contributed by atoms with Gasteiger partial charge in [0.05, 0.1) is 11.1 Å². The number of rotatable bonds is 3. The summed E-state index contributed by atoms with van der Waals surface area (Å²) in [7, 11) is 0. The van der Waals surface area contributed by atoms with E-state index in [9.17, 15) is 4.79 Å². The number of allylic oxidation sites excluding steroid dienone is 1. The molecule has 2 aliphatic rings. The molecule has 2 heterocycles. The van der Waals surface area contributed by atoms with E-state index in [-0.39, 0.29) is 5.78 Å². The van der Waals surface area contributed by atoms with E-state index in [0.29, 0.717) is 46.9 Å². The van der Waals surface area contributed by atoms with Crippen molar-refractivity contribution in [2.24, 2.45) is 0 Å². The number of carbonyl (C=O) groups excluding carboxylic acids is 1. The first-order valence-corrected chi connectivity index (χ1v) is 11.6. The number of fused-ring (bicyclic) bond motifs is 3. The Labute approximate surface area is 204 Å². The first-order chi connectivity index (χ1) is 15.4. The van der Waals surface area contributed by atoms with Gasteiger partial charge in [0.15, 0.2) is 5.76 Å². The van der Waals surface area contributed by atoms with Gasteiger partial charge in [-0.1, -0.05) is 57.3 Å². The second kappa shape index (κ2) is 8.56. The average Bonchev–Trinajstić information content (AvgIpc) is 3.07. The van der Waals surface area contributed by atoms with Crippen LogP contribution in [-0.4, -0.2) is 17.4 Å². The number of benzene rings is 3. The summed E-state index contributed by atoms with van der Waals surface area (Å²) in [5, 5.41) is 1.21. The third-order valence-electron chi connectivity index (χ3n) is 5.54. The van der Waals surface area contributed by atoms with E-state index in [4.69, 9.17) is 32.7 Å². The van der Waals surface area contributed by atoms with E-state index in [2.05, 4.69) is 20.8 Å². The van der Waals surface area contributed by atoms with Crippen LogP contribution in [0.1, 0.15) is 32.6 Å². The van der Waals surface area contributed by atoms with E-state index in [1.54, 1.807) is 12.1 Å². The lowest BCUT2D eigenvalue weighted by Gasteiger charge is -2.30. The van der Waals surface area contributed by atoms with Gasteiger partial charge in [-0.3, -0.25) is 9.69 Å². The highest BCUT2D eigenvalue weighted by Crippen LogP contribution is 2.44. The number of carbonyl (C=O) groups is 1. The molecule has 0 amide bonds. The highest BCUT2D eigenvalue weighted by Gasteiger charge is 2.35. The Morgan fingerprint density at radius 2 is 2.00 bits per heavy atom. The van der Waals surface area contributed by atoms with Crippen molar-refractivity contribution in [1.29, 1.82) is 0 Å². The van der Waals surface area contributed by atoms with Crippen LogP contribution in [0.5, 0.6) is 11.5 Å². The fourth-order valence-corrected chi connectivity index (χ4v) is 4.90. The number of Topliss-reactive ketones (excluding diaryl/α,β-unsaturated/α-hetero) is 1. The Hall–Kier alpha value is -2.31. The number of nitrogens with zero attached hydrogens (tertiary/aromatic N) is 1. The second-order valence-corrected chi connectivity index (χ2v) is 9.62. The monoisotopic (exact) mass is 529 g/mol. The molecule has 32 heavy (non-hydrogen) atoms. The minimum atomic E-state index is -0.113. The molecule has 0 saturated carbocycles.